The lowest BCUT2D eigenvalue weighted by Crippen LogP contribution is -2.30. The van der Waals surface area contributed by atoms with Crippen LogP contribution in [0.3, 0.4) is 0 Å². The Bertz CT molecular complexity index is 592. The maximum atomic E-state index is 6.12. The first-order valence-corrected chi connectivity index (χ1v) is 8.51. The van der Waals surface area contributed by atoms with E-state index in [1.807, 2.05) is 6.07 Å². The van der Waals surface area contributed by atoms with Gasteiger partial charge in [0.25, 0.3) is 0 Å². The van der Waals surface area contributed by atoms with E-state index in [0.717, 1.165) is 18.7 Å². The van der Waals surface area contributed by atoms with Gasteiger partial charge in [-0.1, -0.05) is 42.8 Å². The number of rotatable bonds is 6. The molecule has 0 saturated carbocycles. The van der Waals surface area contributed by atoms with E-state index >= 15 is 0 Å². The predicted octanol–water partition coefficient (Wildman–Crippen LogP) is 4.43. The minimum Gasteiger partial charge on any atom is -0.398 e. The Labute approximate surface area is 134 Å². The Balaban J connectivity index is 1.46. The van der Waals surface area contributed by atoms with Gasteiger partial charge in [-0.15, -0.1) is 0 Å². The predicted molar refractivity (Wildman–Crippen MR) is 95.4 cm³/mol. The molecule has 116 valence electrons. The Kier molecular flexibility index (Phi) is 4.99. The number of hydrogen-bond donors (Lipinski definition) is 1. The van der Waals surface area contributed by atoms with E-state index in [2.05, 4.69) is 47.4 Å². The Morgan fingerprint density at radius 2 is 1.77 bits per heavy atom. The van der Waals surface area contributed by atoms with Crippen molar-refractivity contribution in [3.63, 3.8) is 0 Å². The largest absolute Gasteiger partial charge is 0.398 e. The lowest BCUT2D eigenvalue weighted by molar-refractivity contribution is 0.624. The molecule has 1 aliphatic rings. The molecule has 0 unspecified atom stereocenters. The van der Waals surface area contributed by atoms with E-state index in [1.165, 1.54) is 55.5 Å². The van der Waals surface area contributed by atoms with Crippen molar-refractivity contribution in [2.24, 2.45) is 0 Å². The summed E-state index contributed by atoms with van der Waals surface area (Å²) in [6, 6.07) is 17.1. The second-order valence-electron chi connectivity index (χ2n) is 6.23. The van der Waals surface area contributed by atoms with E-state index in [4.69, 9.17) is 5.73 Å². The van der Waals surface area contributed by atoms with Gasteiger partial charge in [-0.3, -0.25) is 0 Å². The summed E-state index contributed by atoms with van der Waals surface area (Å²) in [5.41, 5.74) is 11.3. The third kappa shape index (κ3) is 3.62. The van der Waals surface area contributed by atoms with Crippen LogP contribution in [0.15, 0.2) is 48.5 Å². The molecule has 0 amide bonds. The number of fused-ring (bicyclic) bond motifs is 1. The van der Waals surface area contributed by atoms with Crippen LogP contribution in [0.2, 0.25) is 0 Å². The highest BCUT2D eigenvalue weighted by Gasteiger charge is 2.17. The van der Waals surface area contributed by atoms with Crippen molar-refractivity contribution in [2.75, 3.05) is 23.7 Å². The molecule has 0 radical (unpaired) electrons. The number of nitrogens with two attached hydrogens (primary N) is 1. The minimum absolute atomic E-state index is 0.964. The molecular weight excluding hydrogens is 268 g/mol. The molecule has 1 aliphatic heterocycles. The van der Waals surface area contributed by atoms with Gasteiger partial charge in [0.1, 0.15) is 0 Å². The average Bonchev–Trinajstić information content (AvgIpc) is 2.56. The van der Waals surface area contributed by atoms with E-state index in [1.54, 1.807) is 0 Å². The van der Waals surface area contributed by atoms with Crippen LogP contribution in [0.5, 0.6) is 0 Å². The first-order valence-electron chi connectivity index (χ1n) is 8.51. The maximum absolute atomic E-state index is 6.12. The normalized spacial score (nSPS) is 13.9. The van der Waals surface area contributed by atoms with Gasteiger partial charge in [0.15, 0.2) is 0 Å². The van der Waals surface area contributed by atoms with Crippen LogP contribution in [-0.2, 0) is 12.8 Å². The molecule has 2 N–H and O–H groups in total. The zero-order chi connectivity index (χ0) is 15.2. The summed E-state index contributed by atoms with van der Waals surface area (Å²) in [5, 5.41) is 0. The molecule has 2 aromatic rings. The molecule has 3 rings (SSSR count). The molecule has 0 aliphatic carbocycles. The van der Waals surface area contributed by atoms with E-state index in [9.17, 15) is 0 Å². The first-order chi connectivity index (χ1) is 10.8. The van der Waals surface area contributed by atoms with Crippen LogP contribution in [0.4, 0.5) is 11.4 Å². The van der Waals surface area contributed by atoms with Crippen LogP contribution >= 0.6 is 0 Å². The standard InChI is InChI=1S/C20H26N2/c21-19-13-7-14-20-18(19)12-8-16-22(20)15-6-2-5-11-17-9-3-1-4-10-17/h1,3-4,7,9-10,13-14H,2,5-6,8,11-12,15-16,21H2. The quantitative estimate of drug-likeness (QED) is 0.630. The first kappa shape index (κ1) is 15.0. The highest BCUT2D eigenvalue weighted by Crippen LogP contribution is 2.31. The Morgan fingerprint density at radius 3 is 2.64 bits per heavy atom. The van der Waals surface area contributed by atoms with E-state index in [-0.39, 0.29) is 0 Å². The molecule has 0 bridgehead atoms. The van der Waals surface area contributed by atoms with Crippen LogP contribution < -0.4 is 10.6 Å². The van der Waals surface area contributed by atoms with Gasteiger partial charge in [-0.2, -0.15) is 0 Å². The molecule has 1 heterocycles. The SMILES string of the molecule is Nc1cccc2c1CCCN2CCCCCc1ccccc1. The highest BCUT2D eigenvalue weighted by molar-refractivity contribution is 5.66. The second-order valence-corrected chi connectivity index (χ2v) is 6.23. The van der Waals surface area contributed by atoms with E-state index in [0.29, 0.717) is 0 Å². The van der Waals surface area contributed by atoms with Crippen LogP contribution in [0, 0.1) is 0 Å². The van der Waals surface area contributed by atoms with Gasteiger partial charge >= 0.3 is 0 Å². The third-order valence-electron chi connectivity index (χ3n) is 4.62. The fourth-order valence-corrected chi connectivity index (χ4v) is 3.41. The molecule has 0 saturated heterocycles. The summed E-state index contributed by atoms with van der Waals surface area (Å²) in [7, 11) is 0. The summed E-state index contributed by atoms with van der Waals surface area (Å²) in [6.45, 7) is 2.33. The minimum atomic E-state index is 0.964. The fraction of sp³-hybridized carbons (Fsp3) is 0.400. The van der Waals surface area contributed by atoms with Crippen molar-refractivity contribution in [1.29, 1.82) is 0 Å². The topological polar surface area (TPSA) is 29.3 Å². The van der Waals surface area contributed by atoms with Gasteiger partial charge in [0.05, 0.1) is 0 Å². The van der Waals surface area contributed by atoms with Gasteiger partial charge in [0, 0.05) is 24.5 Å². The van der Waals surface area contributed by atoms with Crippen LogP contribution in [-0.4, -0.2) is 13.1 Å². The molecule has 2 heteroatoms. The van der Waals surface area contributed by atoms with Crippen LogP contribution in [0.1, 0.15) is 36.8 Å². The molecular formula is C20H26N2. The Morgan fingerprint density at radius 1 is 0.909 bits per heavy atom. The molecule has 0 aromatic heterocycles. The molecule has 2 nitrogen and oxygen atoms in total. The van der Waals surface area contributed by atoms with Crippen molar-refractivity contribution >= 4 is 11.4 Å². The van der Waals surface area contributed by atoms with Crippen molar-refractivity contribution in [1.82, 2.24) is 0 Å². The van der Waals surface area contributed by atoms with E-state index < -0.39 is 0 Å². The molecule has 0 spiro atoms. The van der Waals surface area contributed by atoms with Crippen molar-refractivity contribution in [2.45, 2.75) is 38.5 Å². The summed E-state index contributed by atoms with van der Waals surface area (Å²) in [5.74, 6) is 0. The zero-order valence-corrected chi connectivity index (χ0v) is 13.3. The molecule has 2 aromatic carbocycles. The molecule has 0 atom stereocenters. The van der Waals surface area contributed by atoms with Crippen molar-refractivity contribution in [3.8, 4) is 0 Å². The number of nitrogen functional groups attached to an aromatic ring is 1. The number of benzene rings is 2. The summed E-state index contributed by atoms with van der Waals surface area (Å²) >= 11 is 0. The summed E-state index contributed by atoms with van der Waals surface area (Å²) in [4.78, 5) is 2.53. The third-order valence-corrected chi connectivity index (χ3v) is 4.62. The number of aryl methyl sites for hydroxylation is 1. The van der Waals surface area contributed by atoms with Gasteiger partial charge in [-0.05, 0) is 55.4 Å². The molecule has 22 heavy (non-hydrogen) atoms. The monoisotopic (exact) mass is 294 g/mol. The summed E-state index contributed by atoms with van der Waals surface area (Å²) in [6.07, 6.45) is 7.40. The lowest BCUT2D eigenvalue weighted by Gasteiger charge is -2.32. The maximum Gasteiger partial charge on any atom is 0.0419 e. The Hall–Kier alpha value is -1.96. The van der Waals surface area contributed by atoms with Crippen molar-refractivity contribution < 1.29 is 0 Å². The fourth-order valence-electron chi connectivity index (χ4n) is 3.41. The number of nitrogens with zero attached hydrogens (tertiary/aromatic N) is 1. The van der Waals surface area contributed by atoms with Gasteiger partial charge in [-0.25, -0.2) is 0 Å². The van der Waals surface area contributed by atoms with Crippen LogP contribution in [0.25, 0.3) is 0 Å². The number of anilines is 2. The number of hydrogen-bond acceptors (Lipinski definition) is 2. The second kappa shape index (κ2) is 7.35. The van der Waals surface area contributed by atoms with Crippen molar-refractivity contribution in [3.05, 3.63) is 59.7 Å². The van der Waals surface area contributed by atoms with Gasteiger partial charge < -0.3 is 10.6 Å². The highest BCUT2D eigenvalue weighted by atomic mass is 15.1. The van der Waals surface area contributed by atoms with Gasteiger partial charge in [0.2, 0.25) is 0 Å². The lowest BCUT2D eigenvalue weighted by atomic mass is 9.99. The average molecular weight is 294 g/mol. The zero-order valence-electron chi connectivity index (χ0n) is 13.3. The number of unbranched alkanes of at least 4 members (excludes halogenated alkanes) is 2. The summed E-state index contributed by atoms with van der Waals surface area (Å²) < 4.78 is 0. The molecule has 0 fully saturated rings. The smallest absolute Gasteiger partial charge is 0.0419 e.